The van der Waals surface area contributed by atoms with Crippen LogP contribution in [-0.2, 0) is 35.4 Å². The summed E-state index contributed by atoms with van der Waals surface area (Å²) < 4.78 is 12.1. The Morgan fingerprint density at radius 3 is 2.67 bits per heavy atom. The molecule has 2 aromatic heterocycles. The molecule has 2 aromatic rings. The highest BCUT2D eigenvalue weighted by atomic mass is 32.1. The Balaban J connectivity index is 1.63. The molecule has 10 nitrogen and oxygen atoms in total. The van der Waals surface area contributed by atoms with Crippen LogP contribution in [0.15, 0.2) is 0 Å². The van der Waals surface area contributed by atoms with E-state index >= 15 is 0 Å². The summed E-state index contributed by atoms with van der Waals surface area (Å²) in [6.07, 6.45) is 1.81. The van der Waals surface area contributed by atoms with Crippen LogP contribution >= 0.6 is 11.3 Å². The molecule has 0 unspecified atom stereocenters. The molecule has 30 heavy (non-hydrogen) atoms. The number of thiophene rings is 1. The van der Waals surface area contributed by atoms with E-state index in [0.717, 1.165) is 29.1 Å². The van der Waals surface area contributed by atoms with Crippen molar-refractivity contribution in [3.8, 4) is 0 Å². The van der Waals surface area contributed by atoms with Gasteiger partial charge in [-0.3, -0.25) is 4.79 Å². The van der Waals surface area contributed by atoms with Gasteiger partial charge in [-0.25, -0.2) is 9.59 Å². The van der Waals surface area contributed by atoms with Gasteiger partial charge < -0.3 is 24.3 Å². The third-order valence-corrected chi connectivity index (χ3v) is 6.23. The highest BCUT2D eigenvalue weighted by molar-refractivity contribution is 7.17. The van der Waals surface area contributed by atoms with Gasteiger partial charge in [-0.2, -0.15) is 0 Å². The quantitative estimate of drug-likeness (QED) is 0.719. The predicted molar refractivity (Wildman–Crippen MR) is 108 cm³/mol. The average Bonchev–Trinajstić information content (AvgIpc) is 3.41. The summed E-state index contributed by atoms with van der Waals surface area (Å²) in [6, 6.07) is 0. The van der Waals surface area contributed by atoms with E-state index in [1.807, 2.05) is 0 Å². The number of carbonyl (C=O) groups is 3. The highest BCUT2D eigenvalue weighted by Gasteiger charge is 2.32. The molecule has 0 aliphatic carbocycles. The van der Waals surface area contributed by atoms with E-state index in [-0.39, 0.29) is 18.5 Å². The normalized spacial score (nSPS) is 14.8. The maximum Gasteiger partial charge on any atom is 0.410 e. The van der Waals surface area contributed by atoms with Crippen LogP contribution in [0.3, 0.4) is 0 Å². The fraction of sp³-hybridized carbons (Fsp3) is 0.526. The second-order valence-corrected chi connectivity index (χ2v) is 8.05. The minimum Gasteiger partial charge on any atom is -0.462 e. The molecule has 0 bridgehead atoms. The topological polar surface area (TPSA) is 116 Å². The first-order chi connectivity index (χ1) is 14.5. The van der Waals surface area contributed by atoms with Gasteiger partial charge in [-0.15, -0.1) is 21.5 Å². The maximum atomic E-state index is 12.9. The van der Waals surface area contributed by atoms with Crippen LogP contribution in [0, 0.1) is 0 Å². The number of anilines is 1. The van der Waals surface area contributed by atoms with Crippen molar-refractivity contribution >= 4 is 34.3 Å². The Morgan fingerprint density at radius 2 is 1.90 bits per heavy atom. The minimum atomic E-state index is -0.485. The van der Waals surface area contributed by atoms with Gasteiger partial charge in [0.1, 0.15) is 10.8 Å². The zero-order valence-electron chi connectivity index (χ0n) is 16.9. The predicted octanol–water partition coefficient (Wildman–Crippen LogP) is 2.23. The summed E-state index contributed by atoms with van der Waals surface area (Å²) >= 11 is 1.27. The fourth-order valence-electron chi connectivity index (χ4n) is 3.76. The summed E-state index contributed by atoms with van der Waals surface area (Å²) in [4.78, 5) is 40.1. The van der Waals surface area contributed by atoms with E-state index in [1.165, 1.54) is 11.3 Å². The van der Waals surface area contributed by atoms with Crippen molar-refractivity contribution in [3.05, 3.63) is 27.7 Å². The Morgan fingerprint density at radius 1 is 1.10 bits per heavy atom. The first kappa shape index (κ1) is 20.3. The number of rotatable bonds is 5. The molecule has 11 heteroatoms. The molecular formula is C19H23N5O5S. The molecule has 0 radical (unpaired) electrons. The second-order valence-electron chi connectivity index (χ2n) is 6.95. The number of hydrogen-bond acceptors (Lipinski definition) is 8. The van der Waals surface area contributed by atoms with Crippen molar-refractivity contribution in [3.63, 3.8) is 0 Å². The van der Waals surface area contributed by atoms with Gasteiger partial charge in [-0.1, -0.05) is 0 Å². The molecule has 2 amide bonds. The van der Waals surface area contributed by atoms with E-state index in [2.05, 4.69) is 15.5 Å². The number of nitrogens with one attached hydrogen (secondary N) is 1. The lowest BCUT2D eigenvalue weighted by Crippen LogP contribution is -2.36. The number of nitrogens with zero attached hydrogens (tertiary/aromatic N) is 4. The number of esters is 1. The summed E-state index contributed by atoms with van der Waals surface area (Å²) in [6.45, 7) is 5.46. The van der Waals surface area contributed by atoms with Crippen LogP contribution in [0.4, 0.5) is 9.80 Å². The Bertz CT molecular complexity index is 998. The largest absolute Gasteiger partial charge is 0.462 e. The van der Waals surface area contributed by atoms with Crippen molar-refractivity contribution in [2.45, 2.75) is 46.2 Å². The number of ether oxygens (including phenoxy) is 2. The van der Waals surface area contributed by atoms with Gasteiger partial charge in [0.25, 0.3) is 5.91 Å². The van der Waals surface area contributed by atoms with E-state index in [1.54, 1.807) is 23.3 Å². The first-order valence-electron chi connectivity index (χ1n) is 10.00. The average molecular weight is 433 g/mol. The first-order valence-corrected chi connectivity index (χ1v) is 10.8. The third-order valence-electron chi connectivity index (χ3n) is 5.10. The van der Waals surface area contributed by atoms with Crippen LogP contribution in [0.5, 0.6) is 0 Å². The smallest absolute Gasteiger partial charge is 0.410 e. The molecule has 0 spiro atoms. The molecule has 0 atom stereocenters. The number of amides is 2. The number of aromatic nitrogens is 3. The van der Waals surface area contributed by atoms with Crippen LogP contribution in [0.2, 0.25) is 0 Å². The van der Waals surface area contributed by atoms with Gasteiger partial charge in [0.15, 0.2) is 0 Å². The van der Waals surface area contributed by atoms with Crippen molar-refractivity contribution in [2.24, 2.45) is 0 Å². The Hall–Kier alpha value is -2.95. The number of aryl methyl sites for hydroxylation is 1. The Kier molecular flexibility index (Phi) is 5.71. The molecule has 0 aromatic carbocycles. The van der Waals surface area contributed by atoms with Crippen LogP contribution in [0.25, 0.3) is 0 Å². The summed E-state index contributed by atoms with van der Waals surface area (Å²) in [7, 11) is 0. The molecule has 1 N–H and O–H groups in total. The molecule has 4 heterocycles. The molecular weight excluding hydrogens is 410 g/mol. The molecule has 0 saturated heterocycles. The SMILES string of the molecule is CCOC(=O)c1c(NC(=O)c2nnc3n2CCC3)sc2c1CCN(C(=O)OCC)C2. The second kappa shape index (κ2) is 8.42. The summed E-state index contributed by atoms with van der Waals surface area (Å²) in [5.74, 6) is 0.126. The summed E-state index contributed by atoms with van der Waals surface area (Å²) in [5.41, 5.74) is 1.16. The fourth-order valence-corrected chi connectivity index (χ4v) is 5.01. The van der Waals surface area contributed by atoms with Crippen LogP contribution in [-0.4, -0.2) is 57.4 Å². The number of hydrogen-bond donors (Lipinski definition) is 1. The summed E-state index contributed by atoms with van der Waals surface area (Å²) in [5, 5.41) is 11.3. The highest BCUT2D eigenvalue weighted by Crippen LogP contribution is 2.38. The van der Waals surface area contributed by atoms with Crippen LogP contribution in [0.1, 0.15) is 57.5 Å². The molecule has 2 aliphatic heterocycles. The standard InChI is InChI=1S/C19H23N5O5S/c1-3-28-18(26)14-11-7-9-23(19(27)29-4-2)10-12(11)30-17(14)20-16(25)15-22-21-13-6-5-8-24(13)15/h3-10H2,1-2H3,(H,20,25). The number of fused-ring (bicyclic) bond motifs is 2. The lowest BCUT2D eigenvalue weighted by atomic mass is 10.0. The van der Waals surface area contributed by atoms with Crippen molar-refractivity contribution in [1.29, 1.82) is 0 Å². The molecule has 4 rings (SSSR count). The number of carbonyl (C=O) groups excluding carboxylic acids is 3. The third kappa shape index (κ3) is 3.64. The monoisotopic (exact) mass is 433 g/mol. The Labute approximate surface area is 177 Å². The lowest BCUT2D eigenvalue weighted by Gasteiger charge is -2.26. The molecule has 160 valence electrons. The lowest BCUT2D eigenvalue weighted by molar-refractivity contribution is 0.0526. The molecule has 0 fully saturated rings. The minimum absolute atomic E-state index is 0.226. The van der Waals surface area contributed by atoms with Crippen molar-refractivity contribution < 1.29 is 23.9 Å². The van der Waals surface area contributed by atoms with Crippen molar-refractivity contribution in [2.75, 3.05) is 25.1 Å². The molecule has 2 aliphatic rings. The van der Waals surface area contributed by atoms with Crippen LogP contribution < -0.4 is 5.32 Å². The molecule has 0 saturated carbocycles. The van der Waals surface area contributed by atoms with Gasteiger partial charge >= 0.3 is 12.1 Å². The van der Waals surface area contributed by atoms with Gasteiger partial charge in [-0.05, 0) is 32.3 Å². The zero-order chi connectivity index (χ0) is 21.3. The van der Waals surface area contributed by atoms with E-state index in [9.17, 15) is 14.4 Å². The van der Waals surface area contributed by atoms with E-state index < -0.39 is 11.9 Å². The maximum absolute atomic E-state index is 12.9. The zero-order valence-corrected chi connectivity index (χ0v) is 17.7. The van der Waals surface area contributed by atoms with E-state index in [0.29, 0.717) is 43.2 Å². The van der Waals surface area contributed by atoms with Gasteiger partial charge in [0, 0.05) is 24.4 Å². The van der Waals surface area contributed by atoms with Gasteiger partial charge in [0.2, 0.25) is 5.82 Å². The van der Waals surface area contributed by atoms with Gasteiger partial charge in [0.05, 0.1) is 25.3 Å². The van der Waals surface area contributed by atoms with Crippen molar-refractivity contribution in [1.82, 2.24) is 19.7 Å². The van der Waals surface area contributed by atoms with E-state index in [4.69, 9.17) is 9.47 Å².